The summed E-state index contributed by atoms with van der Waals surface area (Å²) in [6.07, 6.45) is 0.317. The molecule has 0 bridgehead atoms. The summed E-state index contributed by atoms with van der Waals surface area (Å²) in [5.41, 5.74) is 1.55. The Hall–Kier alpha value is -2.15. The van der Waals surface area contributed by atoms with Crippen LogP contribution in [0.4, 0.5) is 8.78 Å². The zero-order chi connectivity index (χ0) is 17.3. The van der Waals surface area contributed by atoms with Gasteiger partial charge >= 0.3 is 6.29 Å². The molecule has 3 rings (SSSR count). The summed E-state index contributed by atoms with van der Waals surface area (Å²) >= 11 is 0. The van der Waals surface area contributed by atoms with Crippen molar-refractivity contribution >= 4 is 5.91 Å². The third kappa shape index (κ3) is 3.84. The van der Waals surface area contributed by atoms with Crippen LogP contribution in [0.5, 0.6) is 11.5 Å². The summed E-state index contributed by atoms with van der Waals surface area (Å²) in [6, 6.07) is 3.97. The van der Waals surface area contributed by atoms with Crippen molar-refractivity contribution in [2.75, 3.05) is 20.1 Å². The van der Waals surface area contributed by atoms with E-state index >= 15 is 0 Å². The molecular weight excluding hydrogens is 318 g/mol. The van der Waals surface area contributed by atoms with Crippen molar-refractivity contribution in [3.63, 3.8) is 0 Å². The minimum atomic E-state index is -3.68. The van der Waals surface area contributed by atoms with Gasteiger partial charge in [0.05, 0.1) is 0 Å². The van der Waals surface area contributed by atoms with E-state index in [4.69, 9.17) is 0 Å². The van der Waals surface area contributed by atoms with Crippen LogP contribution in [-0.2, 0) is 0 Å². The molecule has 0 aromatic heterocycles. The van der Waals surface area contributed by atoms with Crippen LogP contribution in [-0.4, -0.2) is 43.3 Å². The molecule has 0 saturated heterocycles. The molecule has 2 heterocycles. The van der Waals surface area contributed by atoms with E-state index in [2.05, 4.69) is 32.8 Å². The number of nitrogens with zero attached hydrogens (tertiary/aromatic N) is 1. The van der Waals surface area contributed by atoms with E-state index < -0.39 is 6.29 Å². The molecule has 0 aliphatic carbocycles. The maximum absolute atomic E-state index is 13.0. The number of benzene rings is 1. The molecule has 1 N–H and O–H groups in total. The lowest BCUT2D eigenvalue weighted by molar-refractivity contribution is -0.286. The highest BCUT2D eigenvalue weighted by Crippen LogP contribution is 2.41. The molecule has 0 radical (unpaired) electrons. The van der Waals surface area contributed by atoms with Crippen molar-refractivity contribution < 1.29 is 23.0 Å². The van der Waals surface area contributed by atoms with Crippen LogP contribution < -0.4 is 14.8 Å². The van der Waals surface area contributed by atoms with E-state index in [1.807, 2.05) is 6.92 Å². The monoisotopic (exact) mass is 338 g/mol. The quantitative estimate of drug-likeness (QED) is 0.858. The third-order valence-electron chi connectivity index (χ3n) is 4.03. The Morgan fingerprint density at radius 2 is 2.12 bits per heavy atom. The third-order valence-corrected chi connectivity index (χ3v) is 4.03. The van der Waals surface area contributed by atoms with Gasteiger partial charge < -0.3 is 19.7 Å². The van der Waals surface area contributed by atoms with Crippen molar-refractivity contribution in [3.8, 4) is 11.5 Å². The molecule has 1 atom stereocenters. The highest BCUT2D eigenvalue weighted by molar-refractivity contribution is 5.95. The number of carbonyl (C=O) groups is 1. The number of amides is 1. The highest BCUT2D eigenvalue weighted by atomic mass is 19.3. The molecule has 0 spiro atoms. The average Bonchev–Trinajstić information content (AvgIpc) is 2.79. The summed E-state index contributed by atoms with van der Waals surface area (Å²) in [7, 11) is 2.07. The Bertz CT molecular complexity index is 676. The average molecular weight is 338 g/mol. The molecule has 0 fully saturated rings. The lowest BCUT2D eigenvalue weighted by atomic mass is 10.0. The maximum atomic E-state index is 13.0. The number of fused-ring (bicyclic) bond motifs is 1. The van der Waals surface area contributed by atoms with Gasteiger partial charge in [-0.25, -0.2) is 0 Å². The molecule has 2 aliphatic rings. The summed E-state index contributed by atoms with van der Waals surface area (Å²) in [6.45, 7) is 3.87. The fraction of sp³-hybridized carbons (Fsp3) is 0.471. The summed E-state index contributed by atoms with van der Waals surface area (Å²) in [5, 5.41) is 2.89. The fourth-order valence-electron chi connectivity index (χ4n) is 2.97. The van der Waals surface area contributed by atoms with Crippen molar-refractivity contribution in [3.05, 3.63) is 35.4 Å². The Morgan fingerprint density at radius 3 is 2.88 bits per heavy atom. The standard InChI is InChI=1S/C17H20F2N2O3/c1-11(8-12-4-3-7-21(2)10-12)20-16(22)13-5-6-14-15(9-13)24-17(18,19)23-14/h4-6,9,11H,3,7-8,10H2,1-2H3,(H,20,22)/t11-/m1/s1. The van der Waals surface area contributed by atoms with Gasteiger partial charge in [0.2, 0.25) is 0 Å². The van der Waals surface area contributed by atoms with Crippen molar-refractivity contribution in [1.82, 2.24) is 10.2 Å². The van der Waals surface area contributed by atoms with Crippen molar-refractivity contribution in [1.29, 1.82) is 0 Å². The molecule has 5 nitrogen and oxygen atoms in total. The van der Waals surface area contributed by atoms with E-state index in [-0.39, 0.29) is 29.0 Å². The first kappa shape index (κ1) is 16.7. The van der Waals surface area contributed by atoms with Gasteiger partial charge in [0.1, 0.15) is 0 Å². The highest BCUT2D eigenvalue weighted by Gasteiger charge is 2.43. The number of likely N-dealkylation sites (N-methyl/N-ethyl adjacent to an activating group) is 1. The van der Waals surface area contributed by atoms with Crippen LogP contribution in [0, 0.1) is 0 Å². The number of halogens is 2. The molecule has 7 heteroatoms. The first-order valence-corrected chi connectivity index (χ1v) is 7.89. The topological polar surface area (TPSA) is 50.8 Å². The number of alkyl halides is 2. The zero-order valence-corrected chi connectivity index (χ0v) is 13.6. The summed E-state index contributed by atoms with van der Waals surface area (Å²) < 4.78 is 34.7. The van der Waals surface area contributed by atoms with Crippen LogP contribution in [0.2, 0.25) is 0 Å². The number of ether oxygens (including phenoxy) is 2. The first-order valence-electron chi connectivity index (χ1n) is 7.89. The smallest absolute Gasteiger partial charge is 0.395 e. The van der Waals surface area contributed by atoms with Crippen LogP contribution in [0.15, 0.2) is 29.8 Å². The van der Waals surface area contributed by atoms with E-state index in [1.54, 1.807) is 0 Å². The molecule has 24 heavy (non-hydrogen) atoms. The van der Waals surface area contributed by atoms with Gasteiger partial charge in [0, 0.05) is 24.7 Å². The Morgan fingerprint density at radius 1 is 1.38 bits per heavy atom. The van der Waals surface area contributed by atoms with Gasteiger partial charge in [-0.15, -0.1) is 8.78 Å². The largest absolute Gasteiger partial charge is 0.586 e. The van der Waals surface area contributed by atoms with Crippen molar-refractivity contribution in [2.45, 2.75) is 32.1 Å². The van der Waals surface area contributed by atoms with E-state index in [1.165, 1.54) is 23.8 Å². The molecule has 0 saturated carbocycles. The second-order valence-electron chi connectivity index (χ2n) is 6.30. The lowest BCUT2D eigenvalue weighted by Gasteiger charge is -2.25. The Labute approximate surface area is 139 Å². The Balaban J connectivity index is 1.60. The number of rotatable bonds is 4. The number of hydrogen-bond acceptors (Lipinski definition) is 4. The van der Waals surface area contributed by atoms with Gasteiger partial charge in [-0.3, -0.25) is 4.79 Å². The molecule has 2 aliphatic heterocycles. The summed E-state index contributed by atoms with van der Waals surface area (Å²) in [5.74, 6) is -0.522. The number of nitrogens with one attached hydrogen (secondary N) is 1. The normalized spacial score (nSPS) is 20.4. The minimum absolute atomic E-state index is 0.0536. The molecule has 0 unspecified atom stereocenters. The molecule has 130 valence electrons. The molecular formula is C17H20F2N2O3. The van der Waals surface area contributed by atoms with Gasteiger partial charge in [0.15, 0.2) is 11.5 Å². The second-order valence-corrected chi connectivity index (χ2v) is 6.30. The van der Waals surface area contributed by atoms with Crippen LogP contribution in [0.25, 0.3) is 0 Å². The maximum Gasteiger partial charge on any atom is 0.586 e. The van der Waals surface area contributed by atoms with Crippen LogP contribution in [0.3, 0.4) is 0 Å². The van der Waals surface area contributed by atoms with Gasteiger partial charge in [-0.05, 0) is 45.0 Å². The molecule has 1 aromatic rings. The number of carbonyl (C=O) groups excluding carboxylic acids is 1. The predicted octanol–water partition coefficient (Wildman–Crippen LogP) is 2.78. The number of hydrogen-bond donors (Lipinski definition) is 1. The fourth-order valence-corrected chi connectivity index (χ4v) is 2.97. The first-order chi connectivity index (χ1) is 11.3. The molecule has 1 amide bonds. The van der Waals surface area contributed by atoms with Crippen LogP contribution in [0.1, 0.15) is 30.1 Å². The van der Waals surface area contributed by atoms with E-state index in [0.29, 0.717) is 0 Å². The van der Waals surface area contributed by atoms with Crippen molar-refractivity contribution in [2.24, 2.45) is 0 Å². The van der Waals surface area contributed by atoms with E-state index in [9.17, 15) is 13.6 Å². The summed E-state index contributed by atoms with van der Waals surface area (Å²) in [4.78, 5) is 14.5. The molecule has 1 aromatic carbocycles. The van der Waals surface area contributed by atoms with E-state index in [0.717, 1.165) is 25.9 Å². The Kier molecular flexibility index (Phi) is 4.45. The van der Waals surface area contributed by atoms with Gasteiger partial charge in [-0.1, -0.05) is 11.6 Å². The van der Waals surface area contributed by atoms with Crippen LogP contribution >= 0.6 is 0 Å². The second kappa shape index (κ2) is 6.39. The van der Waals surface area contributed by atoms with Gasteiger partial charge in [0.25, 0.3) is 5.91 Å². The zero-order valence-electron chi connectivity index (χ0n) is 13.6. The van der Waals surface area contributed by atoms with Gasteiger partial charge in [-0.2, -0.15) is 0 Å². The predicted molar refractivity (Wildman–Crippen MR) is 84.4 cm³/mol. The minimum Gasteiger partial charge on any atom is -0.395 e. The SMILES string of the molecule is C[C@H](CC1=CCCN(C)C1)NC(=O)c1ccc2c(c1)OC(F)(F)O2. The lowest BCUT2D eigenvalue weighted by Crippen LogP contribution is -2.35.